The second kappa shape index (κ2) is 5.70. The molecule has 0 saturated heterocycles. The first-order valence-electron chi connectivity index (χ1n) is 7.06. The summed E-state index contributed by atoms with van der Waals surface area (Å²) in [5, 5.41) is 0. The number of para-hydroxylation sites is 1. The second-order valence-electron chi connectivity index (χ2n) is 5.61. The number of likely N-dealkylation sites (N-methyl/N-ethyl adjacent to an activating group) is 1. The third kappa shape index (κ3) is 2.78. The van der Waals surface area contributed by atoms with E-state index in [1.54, 1.807) is 17.8 Å². The van der Waals surface area contributed by atoms with Crippen LogP contribution >= 0.6 is 11.8 Å². The van der Waals surface area contributed by atoms with Crippen molar-refractivity contribution in [3.63, 3.8) is 0 Å². The van der Waals surface area contributed by atoms with E-state index in [-0.39, 0.29) is 5.82 Å². The van der Waals surface area contributed by atoms with Gasteiger partial charge in [0.05, 0.1) is 11.4 Å². The fraction of sp³-hybridized carbons (Fsp3) is 0.294. The first kappa shape index (κ1) is 14.4. The molecule has 2 aromatic rings. The normalized spacial score (nSPS) is 14.8. The highest BCUT2D eigenvalue weighted by molar-refractivity contribution is 7.99. The number of fused-ring (bicyclic) bond motifs is 2. The second-order valence-corrected chi connectivity index (χ2v) is 6.69. The Morgan fingerprint density at radius 2 is 1.81 bits per heavy atom. The van der Waals surface area contributed by atoms with E-state index < -0.39 is 0 Å². The highest BCUT2D eigenvalue weighted by Crippen LogP contribution is 2.48. The van der Waals surface area contributed by atoms with E-state index in [1.165, 1.54) is 11.0 Å². The van der Waals surface area contributed by atoms with E-state index in [1.807, 2.05) is 18.2 Å². The van der Waals surface area contributed by atoms with Gasteiger partial charge >= 0.3 is 0 Å². The van der Waals surface area contributed by atoms with Gasteiger partial charge in [-0.05, 0) is 51.4 Å². The van der Waals surface area contributed by atoms with Crippen molar-refractivity contribution in [3.8, 4) is 0 Å². The molecule has 2 aromatic carbocycles. The number of anilines is 2. The smallest absolute Gasteiger partial charge is 0.125 e. The Morgan fingerprint density at radius 1 is 1.10 bits per heavy atom. The zero-order valence-electron chi connectivity index (χ0n) is 12.5. The fourth-order valence-corrected chi connectivity index (χ4v) is 3.50. The van der Waals surface area contributed by atoms with Crippen LogP contribution < -0.4 is 4.90 Å². The van der Waals surface area contributed by atoms with Crippen molar-refractivity contribution in [3.05, 3.63) is 48.3 Å². The summed E-state index contributed by atoms with van der Waals surface area (Å²) in [5.41, 5.74) is 2.13. The Balaban J connectivity index is 2.06. The molecule has 0 aliphatic carbocycles. The SMILES string of the molecule is CC(CN1c2ccccc2Sc2ccc(F)cc21)N(C)C. The Labute approximate surface area is 129 Å². The van der Waals surface area contributed by atoms with Gasteiger partial charge in [0.15, 0.2) is 0 Å². The summed E-state index contributed by atoms with van der Waals surface area (Å²) >= 11 is 1.71. The number of nitrogens with zero attached hydrogens (tertiary/aromatic N) is 2. The summed E-state index contributed by atoms with van der Waals surface area (Å²) in [4.78, 5) is 6.75. The molecule has 0 bridgehead atoms. The van der Waals surface area contributed by atoms with Crippen LogP contribution in [0.2, 0.25) is 0 Å². The minimum Gasteiger partial charge on any atom is -0.338 e. The minimum atomic E-state index is -0.184. The first-order chi connectivity index (χ1) is 10.1. The summed E-state index contributed by atoms with van der Waals surface area (Å²) in [5.74, 6) is -0.184. The van der Waals surface area contributed by atoms with Gasteiger partial charge in [-0.3, -0.25) is 0 Å². The van der Waals surface area contributed by atoms with Gasteiger partial charge in [0, 0.05) is 22.4 Å². The lowest BCUT2D eigenvalue weighted by Crippen LogP contribution is -2.37. The van der Waals surface area contributed by atoms with E-state index in [9.17, 15) is 4.39 Å². The third-order valence-electron chi connectivity index (χ3n) is 3.92. The number of hydrogen-bond acceptors (Lipinski definition) is 3. The van der Waals surface area contributed by atoms with Crippen molar-refractivity contribution < 1.29 is 4.39 Å². The van der Waals surface area contributed by atoms with Gasteiger partial charge in [-0.25, -0.2) is 4.39 Å². The molecule has 0 fully saturated rings. The quantitative estimate of drug-likeness (QED) is 0.831. The summed E-state index contributed by atoms with van der Waals surface area (Å²) < 4.78 is 13.7. The summed E-state index contributed by atoms with van der Waals surface area (Å²) in [7, 11) is 4.14. The van der Waals surface area contributed by atoms with Crippen molar-refractivity contribution in [1.29, 1.82) is 0 Å². The summed E-state index contributed by atoms with van der Waals surface area (Å²) in [6.07, 6.45) is 0. The molecule has 3 rings (SSSR count). The average molecular weight is 302 g/mol. The molecule has 0 amide bonds. The van der Waals surface area contributed by atoms with Gasteiger partial charge in [-0.2, -0.15) is 0 Å². The van der Waals surface area contributed by atoms with Crippen LogP contribution in [0.4, 0.5) is 15.8 Å². The summed E-state index contributed by atoms with van der Waals surface area (Å²) in [6.45, 7) is 3.02. The van der Waals surface area contributed by atoms with Crippen LogP contribution in [0.3, 0.4) is 0 Å². The molecule has 1 heterocycles. The van der Waals surface area contributed by atoms with Crippen molar-refractivity contribution in [2.75, 3.05) is 25.5 Å². The van der Waals surface area contributed by atoms with E-state index in [4.69, 9.17) is 0 Å². The van der Waals surface area contributed by atoms with Crippen LogP contribution in [-0.4, -0.2) is 31.6 Å². The van der Waals surface area contributed by atoms with Crippen LogP contribution in [0.1, 0.15) is 6.92 Å². The zero-order valence-corrected chi connectivity index (χ0v) is 13.3. The molecule has 4 heteroatoms. The van der Waals surface area contributed by atoms with Crippen LogP contribution in [0, 0.1) is 5.82 Å². The van der Waals surface area contributed by atoms with E-state index in [0.29, 0.717) is 6.04 Å². The van der Waals surface area contributed by atoms with E-state index in [2.05, 4.69) is 43.0 Å². The van der Waals surface area contributed by atoms with Crippen molar-refractivity contribution >= 4 is 23.1 Å². The largest absolute Gasteiger partial charge is 0.338 e. The molecule has 1 unspecified atom stereocenters. The number of benzene rings is 2. The van der Waals surface area contributed by atoms with Gasteiger partial charge in [-0.1, -0.05) is 23.9 Å². The molecule has 0 aromatic heterocycles. The van der Waals surface area contributed by atoms with Gasteiger partial charge in [0.25, 0.3) is 0 Å². The maximum absolute atomic E-state index is 13.7. The molecule has 0 saturated carbocycles. The zero-order chi connectivity index (χ0) is 15.0. The predicted octanol–water partition coefficient (Wildman–Crippen LogP) is 4.38. The number of halogens is 1. The lowest BCUT2D eigenvalue weighted by atomic mass is 10.2. The van der Waals surface area contributed by atoms with Crippen molar-refractivity contribution in [2.24, 2.45) is 0 Å². The first-order valence-corrected chi connectivity index (χ1v) is 7.88. The number of hydrogen-bond donors (Lipinski definition) is 0. The van der Waals surface area contributed by atoms with Gasteiger partial charge < -0.3 is 9.80 Å². The van der Waals surface area contributed by atoms with Gasteiger partial charge in [-0.15, -0.1) is 0 Å². The van der Waals surface area contributed by atoms with Crippen LogP contribution in [0.25, 0.3) is 0 Å². The molecule has 1 aliphatic rings. The summed E-state index contributed by atoms with van der Waals surface area (Å²) in [6, 6.07) is 13.7. The minimum absolute atomic E-state index is 0.184. The average Bonchev–Trinajstić information content (AvgIpc) is 2.47. The number of rotatable bonds is 3. The van der Waals surface area contributed by atoms with E-state index in [0.717, 1.165) is 22.8 Å². The topological polar surface area (TPSA) is 6.48 Å². The molecule has 0 radical (unpaired) electrons. The van der Waals surface area contributed by atoms with E-state index >= 15 is 0 Å². The molecule has 1 aliphatic heterocycles. The molecular formula is C17H19FN2S. The monoisotopic (exact) mass is 302 g/mol. The molecule has 110 valence electrons. The molecule has 0 N–H and O–H groups in total. The standard InChI is InChI=1S/C17H19FN2S/c1-12(19(2)3)11-20-14-6-4-5-7-16(14)21-17-9-8-13(18)10-15(17)20/h4-10,12H,11H2,1-3H3. The fourth-order valence-electron chi connectivity index (χ4n) is 2.43. The Morgan fingerprint density at radius 3 is 2.57 bits per heavy atom. The van der Waals surface area contributed by atoms with Crippen molar-refractivity contribution in [2.45, 2.75) is 22.8 Å². The molecule has 0 spiro atoms. The third-order valence-corrected chi connectivity index (χ3v) is 5.05. The molecule has 21 heavy (non-hydrogen) atoms. The lowest BCUT2D eigenvalue weighted by Gasteiger charge is -2.36. The molecule has 2 nitrogen and oxygen atoms in total. The van der Waals surface area contributed by atoms with Crippen LogP contribution in [-0.2, 0) is 0 Å². The Kier molecular flexibility index (Phi) is 3.91. The van der Waals surface area contributed by atoms with Crippen LogP contribution in [0.5, 0.6) is 0 Å². The highest BCUT2D eigenvalue weighted by Gasteiger charge is 2.25. The van der Waals surface area contributed by atoms with Crippen LogP contribution in [0.15, 0.2) is 52.3 Å². The molecular weight excluding hydrogens is 283 g/mol. The van der Waals surface area contributed by atoms with Gasteiger partial charge in [0.2, 0.25) is 0 Å². The predicted molar refractivity (Wildman–Crippen MR) is 87.1 cm³/mol. The maximum atomic E-state index is 13.7. The lowest BCUT2D eigenvalue weighted by molar-refractivity contribution is 0.319. The highest BCUT2D eigenvalue weighted by atomic mass is 32.2. The Hall–Kier alpha value is -1.52. The maximum Gasteiger partial charge on any atom is 0.125 e. The molecule has 1 atom stereocenters. The Bertz CT molecular complexity index is 657. The van der Waals surface area contributed by atoms with Gasteiger partial charge in [0.1, 0.15) is 5.82 Å². The van der Waals surface area contributed by atoms with Crippen molar-refractivity contribution in [1.82, 2.24) is 4.90 Å².